The molecule has 8 nitrogen and oxygen atoms in total. The van der Waals surface area contributed by atoms with Crippen molar-refractivity contribution in [1.82, 2.24) is 21.3 Å². The van der Waals surface area contributed by atoms with Crippen LogP contribution in [0.25, 0.3) is 33.7 Å². The first-order chi connectivity index (χ1) is 45.9. The van der Waals surface area contributed by atoms with Gasteiger partial charge < -0.3 is 40.2 Å². The lowest BCUT2D eigenvalue weighted by molar-refractivity contribution is 0.386. The van der Waals surface area contributed by atoms with E-state index < -0.39 is 0 Å². The van der Waals surface area contributed by atoms with Crippen molar-refractivity contribution in [2.75, 3.05) is 28.4 Å². The minimum absolute atomic E-state index is 0.268. The molecule has 4 aliphatic rings. The standard InChI is InChI=1S/C23H25NO.C23H23NO.C20H25NO.C20H23NO/c2*1-16(20-11-5-8-17-7-3-4-10-21(17)20)24-19-13-14-22-18(15-19)9-6-12-23(22)25-2;2*1-14-7-9-16(10-8-14)15(2)21-18-11-12-19-17(13-18)5-4-6-20(19)22-3/h3-12,16,19,24H,13-15H2,1-2H3;3-12,15-16,24H,13-14H2,1-2H3;4-10,15,18,21H,11-13H2,1-3H3;4-10,13,15,21H,11-12H2,1-3H3/t16-,19+;16-;15-,18+;15-/m1111/s1. The normalized spacial score (nSPS) is 16.4. The van der Waals surface area contributed by atoms with Crippen LogP contribution in [0.5, 0.6) is 23.0 Å². The van der Waals surface area contributed by atoms with Crippen molar-refractivity contribution in [1.29, 1.82) is 0 Å². The molecule has 0 aromatic heterocycles. The zero-order valence-electron chi connectivity index (χ0n) is 57.0. The summed E-state index contributed by atoms with van der Waals surface area (Å²) in [5.74, 6) is 4.08. The average molecular weight is 1250 g/mol. The van der Waals surface area contributed by atoms with E-state index >= 15 is 0 Å². The van der Waals surface area contributed by atoms with E-state index in [1.54, 1.807) is 28.4 Å². The fourth-order valence-corrected chi connectivity index (χ4v) is 14.4. The summed E-state index contributed by atoms with van der Waals surface area (Å²) in [4.78, 5) is 0. The van der Waals surface area contributed by atoms with Crippen LogP contribution in [-0.2, 0) is 38.5 Å². The van der Waals surface area contributed by atoms with Crippen molar-refractivity contribution >= 4 is 33.7 Å². The number of nitrogens with one attached hydrogen (secondary N) is 4. The van der Waals surface area contributed by atoms with Crippen LogP contribution in [0.4, 0.5) is 0 Å². The molecule has 4 N–H and O–H groups in total. The summed E-state index contributed by atoms with van der Waals surface area (Å²) in [7, 11) is 7.02. The van der Waals surface area contributed by atoms with Crippen LogP contribution < -0.4 is 40.2 Å². The Labute approximate surface area is 559 Å². The van der Waals surface area contributed by atoms with Crippen molar-refractivity contribution in [3.63, 3.8) is 0 Å². The smallest absolute Gasteiger partial charge is 0.122 e. The van der Waals surface area contributed by atoms with E-state index in [2.05, 4.69) is 269 Å². The number of hydrogen-bond donors (Lipinski definition) is 4. The maximum Gasteiger partial charge on any atom is 0.122 e. The molecular formula is C86H96N4O4. The molecule has 0 spiro atoms. The number of benzene rings is 10. The number of fused-ring (bicyclic) bond motifs is 6. The number of hydrogen-bond acceptors (Lipinski definition) is 8. The highest BCUT2D eigenvalue weighted by Gasteiger charge is 2.26. The van der Waals surface area contributed by atoms with E-state index in [0.29, 0.717) is 30.2 Å². The van der Waals surface area contributed by atoms with Gasteiger partial charge in [-0.25, -0.2) is 0 Å². The quantitative estimate of drug-likeness (QED) is 0.0762. The van der Waals surface area contributed by atoms with E-state index in [9.17, 15) is 0 Å². The molecule has 0 saturated heterocycles. The molecular weight excluding hydrogens is 1150 g/mol. The van der Waals surface area contributed by atoms with Crippen LogP contribution in [-0.4, -0.2) is 40.5 Å². The molecule has 14 rings (SSSR count). The Bertz CT molecular complexity index is 4220. The second kappa shape index (κ2) is 31.7. The molecule has 0 saturated carbocycles. The maximum atomic E-state index is 5.53. The molecule has 0 unspecified atom stereocenters. The SMILES string of the molecule is COc1cccc2c1CCC(N[C@H](C)c1ccc(C)cc1)=C2.COc1cccc2c1CCC(N[C@H](C)c1cccc3ccccc13)=C2.COc1cccc2c1CC[C@H](N[C@H](C)c1ccc(C)cc1)C2.COc1cccc2c1CC[C@H](N[C@H](C)c1cccc3ccccc13)C2. The van der Waals surface area contributed by atoms with E-state index in [1.807, 2.05) is 12.1 Å². The van der Waals surface area contributed by atoms with Gasteiger partial charge in [-0.2, -0.15) is 0 Å². The van der Waals surface area contributed by atoms with Gasteiger partial charge in [0, 0.05) is 58.8 Å². The molecule has 10 aromatic carbocycles. The number of allylic oxidation sites excluding steroid dienone is 2. The van der Waals surface area contributed by atoms with Crippen molar-refractivity contribution in [2.24, 2.45) is 0 Å². The number of ether oxygens (including phenoxy) is 4. The van der Waals surface area contributed by atoms with Crippen LogP contribution in [0.3, 0.4) is 0 Å². The third-order valence-electron chi connectivity index (χ3n) is 19.6. The zero-order valence-corrected chi connectivity index (χ0v) is 57.0. The largest absolute Gasteiger partial charge is 0.496 e. The van der Waals surface area contributed by atoms with Gasteiger partial charge in [-0.1, -0.05) is 193 Å². The molecule has 0 radical (unpaired) electrons. The van der Waals surface area contributed by atoms with Gasteiger partial charge in [0.05, 0.1) is 28.4 Å². The summed E-state index contributed by atoms with van der Waals surface area (Å²) in [6, 6.07) is 75.7. The topological polar surface area (TPSA) is 85.0 Å². The monoisotopic (exact) mass is 1250 g/mol. The van der Waals surface area contributed by atoms with Crippen molar-refractivity contribution in [3.05, 3.63) is 296 Å². The van der Waals surface area contributed by atoms with Gasteiger partial charge >= 0.3 is 0 Å². The Morgan fingerprint density at radius 1 is 0.340 bits per heavy atom. The Kier molecular flexibility index (Phi) is 22.4. The minimum atomic E-state index is 0.268. The summed E-state index contributed by atoms with van der Waals surface area (Å²) in [5, 5.41) is 20.3. The molecule has 484 valence electrons. The highest BCUT2D eigenvalue weighted by molar-refractivity contribution is 5.87. The van der Waals surface area contributed by atoms with Crippen LogP contribution in [0.15, 0.2) is 218 Å². The molecule has 8 heteroatoms. The molecule has 0 aliphatic heterocycles. The van der Waals surface area contributed by atoms with Gasteiger partial charge in [0.25, 0.3) is 0 Å². The summed E-state index contributed by atoms with van der Waals surface area (Å²) in [6.07, 6.45) is 15.3. The first-order valence-electron chi connectivity index (χ1n) is 34.0. The van der Waals surface area contributed by atoms with E-state index in [0.717, 1.165) is 80.8 Å². The Morgan fingerprint density at radius 2 is 0.713 bits per heavy atom. The number of rotatable bonds is 16. The summed E-state index contributed by atoms with van der Waals surface area (Å²) < 4.78 is 22.0. The summed E-state index contributed by atoms with van der Waals surface area (Å²) in [5.41, 5.74) is 21.4. The van der Waals surface area contributed by atoms with Gasteiger partial charge in [0.2, 0.25) is 0 Å². The van der Waals surface area contributed by atoms with Crippen LogP contribution in [0.1, 0.15) is 155 Å². The molecule has 0 heterocycles. The van der Waals surface area contributed by atoms with E-state index in [1.165, 1.54) is 117 Å². The second-order valence-electron chi connectivity index (χ2n) is 25.9. The lowest BCUT2D eigenvalue weighted by atomic mass is 9.87. The zero-order chi connectivity index (χ0) is 65.5. The molecule has 4 aliphatic carbocycles. The lowest BCUT2D eigenvalue weighted by Crippen LogP contribution is -2.36. The third-order valence-corrected chi connectivity index (χ3v) is 19.6. The van der Waals surface area contributed by atoms with Gasteiger partial charge in [-0.05, 0) is 219 Å². The predicted octanol–water partition coefficient (Wildman–Crippen LogP) is 19.4. The number of aryl methyl sites for hydroxylation is 2. The number of methoxy groups -OCH3 is 4. The fourth-order valence-electron chi connectivity index (χ4n) is 14.4. The predicted molar refractivity (Wildman–Crippen MR) is 393 cm³/mol. The maximum absolute atomic E-state index is 5.53. The van der Waals surface area contributed by atoms with Gasteiger partial charge in [0.1, 0.15) is 23.0 Å². The molecule has 0 amide bonds. The fraction of sp³-hybridized carbons (Fsp3) is 0.302. The minimum Gasteiger partial charge on any atom is -0.496 e. The average Bonchev–Trinajstić information content (AvgIpc) is 0.948. The third kappa shape index (κ3) is 16.3. The first kappa shape index (κ1) is 66.4. The Balaban J connectivity index is 0.000000128. The molecule has 6 atom stereocenters. The Morgan fingerprint density at radius 3 is 1.17 bits per heavy atom. The highest BCUT2D eigenvalue weighted by Crippen LogP contribution is 2.36. The second-order valence-corrected chi connectivity index (χ2v) is 25.9. The molecule has 0 bridgehead atoms. The molecule has 0 fully saturated rings. The van der Waals surface area contributed by atoms with E-state index in [4.69, 9.17) is 18.9 Å². The van der Waals surface area contributed by atoms with Crippen LogP contribution in [0.2, 0.25) is 0 Å². The Hall–Kier alpha value is -9.08. The van der Waals surface area contributed by atoms with Crippen molar-refractivity contribution < 1.29 is 18.9 Å². The summed E-state index contributed by atoms with van der Waals surface area (Å²) >= 11 is 0. The first-order valence-corrected chi connectivity index (χ1v) is 34.0. The van der Waals surface area contributed by atoms with Gasteiger partial charge in [0.15, 0.2) is 0 Å². The van der Waals surface area contributed by atoms with Gasteiger partial charge in [-0.15, -0.1) is 0 Å². The van der Waals surface area contributed by atoms with E-state index in [-0.39, 0.29) is 6.04 Å². The summed E-state index contributed by atoms with van der Waals surface area (Å²) in [6.45, 7) is 13.2. The van der Waals surface area contributed by atoms with Gasteiger partial charge in [-0.3, -0.25) is 0 Å². The van der Waals surface area contributed by atoms with Crippen LogP contribution >= 0.6 is 0 Å². The molecule has 10 aromatic rings. The van der Waals surface area contributed by atoms with Crippen LogP contribution in [0, 0.1) is 13.8 Å². The van der Waals surface area contributed by atoms with Crippen molar-refractivity contribution in [2.45, 2.75) is 142 Å². The lowest BCUT2D eigenvalue weighted by Gasteiger charge is -2.30. The highest BCUT2D eigenvalue weighted by atomic mass is 16.5. The molecule has 94 heavy (non-hydrogen) atoms. The van der Waals surface area contributed by atoms with Crippen molar-refractivity contribution in [3.8, 4) is 23.0 Å².